The Labute approximate surface area is 289 Å². The van der Waals surface area contributed by atoms with Crippen molar-refractivity contribution in [1.82, 2.24) is 39.5 Å². The molecule has 16 heteroatoms. The summed E-state index contributed by atoms with van der Waals surface area (Å²) in [6.45, 7) is 6.11. The van der Waals surface area contributed by atoms with Crippen LogP contribution >= 0.6 is 15.9 Å². The molecule has 2 aliphatic rings. The Morgan fingerprint density at radius 3 is 2.51 bits per heavy atom. The van der Waals surface area contributed by atoms with E-state index in [9.17, 15) is 24.6 Å². The van der Waals surface area contributed by atoms with Gasteiger partial charge in [-0.1, -0.05) is 0 Å². The van der Waals surface area contributed by atoms with E-state index >= 15 is 0 Å². The number of nitrogens with one attached hydrogen (secondary N) is 1. The van der Waals surface area contributed by atoms with Crippen LogP contribution in [0.1, 0.15) is 35.2 Å². The first-order valence-corrected chi connectivity index (χ1v) is 18.2. The van der Waals surface area contributed by atoms with Gasteiger partial charge in [0, 0.05) is 0 Å². The predicted molar refractivity (Wildman–Crippen MR) is 171 cm³/mol. The predicted octanol–water partition coefficient (Wildman–Crippen LogP) is -1.44. The number of Topliss-reactive ketones (excluding diaryl/α,β-unsaturated/α-hetero) is 1. The second-order valence-electron chi connectivity index (χ2n) is 11.7. The number of fused-ring (bicyclic) bond motifs is 2. The van der Waals surface area contributed by atoms with Crippen LogP contribution in [0.15, 0.2) is 41.4 Å². The molecule has 3 atom stereocenters. The molecule has 248 valence electrons. The molecule has 6 heterocycles. The third-order valence-electron chi connectivity index (χ3n) is 8.36. The molecule has 14 nitrogen and oxygen atoms in total. The maximum absolute atomic E-state index is 14.2. The molecule has 0 bridgehead atoms. The molecule has 0 spiro atoms. The van der Waals surface area contributed by atoms with E-state index in [2.05, 4.69) is 46.3 Å². The van der Waals surface area contributed by atoms with Gasteiger partial charge in [0.25, 0.3) is 0 Å². The van der Waals surface area contributed by atoms with Gasteiger partial charge in [-0.15, -0.1) is 0 Å². The average molecular weight is 819 g/mol. The number of pyridine rings is 2. The van der Waals surface area contributed by atoms with E-state index in [0.29, 0.717) is 64.5 Å². The van der Waals surface area contributed by atoms with E-state index in [-0.39, 0.29) is 50.5 Å². The number of nitrogens with zero attached hydrogens (tertiary/aromatic N) is 8. The van der Waals surface area contributed by atoms with Crippen LogP contribution in [0.3, 0.4) is 0 Å². The standard InChI is InChI=1S/C31H34BrIN9O5/c1-17-4-5-25(32)37-28(17)38-29(47)23-11-31(16-40(6-8-43)7-9-44)30(33-31)42(23)26(46)15-41-24-14-36-22(20-12-34-19(3)35-13-20)10-21(24)27(39-41)18(2)45/h4-5,10,12-14,23,30,43-44H,6-9,11,15-16H2,1-3H3,(H,37,38,47)/q-1/t23-,30-,31-/m0/s1. The Morgan fingerprint density at radius 2 is 1.83 bits per heavy atom. The quantitative estimate of drug-likeness (QED) is 0.0502. The van der Waals surface area contributed by atoms with Crippen LogP contribution in [0.5, 0.6) is 0 Å². The summed E-state index contributed by atoms with van der Waals surface area (Å²) in [6.07, 6.45) is 5.37. The Morgan fingerprint density at radius 1 is 1.11 bits per heavy atom. The molecule has 4 aromatic heterocycles. The summed E-state index contributed by atoms with van der Waals surface area (Å²) in [5, 5.41) is 27.3. The van der Waals surface area contributed by atoms with E-state index in [1.165, 1.54) is 11.6 Å². The number of anilines is 1. The Kier molecular flexibility index (Phi) is 9.66. The Hall–Kier alpha value is -3.45. The van der Waals surface area contributed by atoms with Gasteiger partial charge < -0.3 is 0 Å². The molecule has 6 rings (SSSR count). The van der Waals surface area contributed by atoms with Crippen LogP contribution in [0.25, 0.3) is 22.2 Å². The van der Waals surface area contributed by atoms with Crippen molar-refractivity contribution in [3.8, 4) is 11.3 Å². The summed E-state index contributed by atoms with van der Waals surface area (Å²) in [5.74, 6) is 0.153. The summed E-state index contributed by atoms with van der Waals surface area (Å²) in [4.78, 5) is 61.9. The number of alkyl halides is 2. The van der Waals surface area contributed by atoms with Crippen LogP contribution < -0.4 is 26.5 Å². The molecule has 0 unspecified atom stereocenters. The first kappa shape index (κ1) is 33.5. The molecule has 4 aromatic rings. The third kappa shape index (κ3) is 6.78. The SMILES string of the molecule is CC(=O)c1nn(CC(=O)N2[C@H](C(=O)Nc3nc(Br)ccc3C)C[C@@]3(CN(CCO)CCO)[I-][C@@H]23)c2cnc(-c3cnc(C)nc3)cc12. The second-order valence-corrected chi connectivity index (χ2v) is 16.4. The number of hydrogen-bond acceptors (Lipinski definition) is 11. The number of carbonyl (C=O) groups excluding carboxylic acids is 3. The normalized spacial score (nSPS) is 20.3. The van der Waals surface area contributed by atoms with Crippen molar-refractivity contribution in [3.63, 3.8) is 0 Å². The van der Waals surface area contributed by atoms with Crippen LogP contribution in [-0.4, -0.2) is 114 Å². The van der Waals surface area contributed by atoms with Crippen LogP contribution in [0.2, 0.25) is 0 Å². The number of amides is 2. The van der Waals surface area contributed by atoms with Gasteiger partial charge in [-0.05, 0) is 6.92 Å². The van der Waals surface area contributed by atoms with Crippen molar-refractivity contribution in [2.24, 2.45) is 0 Å². The monoisotopic (exact) mass is 818 g/mol. The Bertz CT molecular complexity index is 1850. The summed E-state index contributed by atoms with van der Waals surface area (Å²) in [7, 11) is 0. The number of rotatable bonds is 12. The number of halogens is 2. The fraction of sp³-hybridized carbons (Fsp3) is 0.419. The number of carbonyl (C=O) groups is 3. The maximum atomic E-state index is 14.2. The molecule has 0 radical (unpaired) electrons. The van der Waals surface area contributed by atoms with Crippen LogP contribution in [0, 0.1) is 13.8 Å². The van der Waals surface area contributed by atoms with E-state index in [1.807, 2.05) is 17.9 Å². The zero-order chi connectivity index (χ0) is 33.5. The van der Waals surface area contributed by atoms with Gasteiger partial charge in [0.15, 0.2) is 0 Å². The molecule has 3 N–H and O–H groups in total. The van der Waals surface area contributed by atoms with Gasteiger partial charge in [-0.3, -0.25) is 0 Å². The van der Waals surface area contributed by atoms with E-state index in [4.69, 9.17) is 0 Å². The first-order chi connectivity index (χ1) is 22.5. The molecule has 47 heavy (non-hydrogen) atoms. The van der Waals surface area contributed by atoms with Gasteiger partial charge in [0.1, 0.15) is 5.82 Å². The Balaban J connectivity index is 1.31. The minimum atomic E-state index is -0.758. The van der Waals surface area contributed by atoms with E-state index in [0.717, 1.165) is 5.56 Å². The van der Waals surface area contributed by atoms with Crippen molar-refractivity contribution >= 4 is 50.2 Å². The van der Waals surface area contributed by atoms with Gasteiger partial charge in [0.05, 0.1) is 0 Å². The number of ketones is 1. The van der Waals surface area contributed by atoms with Gasteiger partial charge in [0.2, 0.25) is 0 Å². The summed E-state index contributed by atoms with van der Waals surface area (Å²) < 4.78 is 1.69. The van der Waals surface area contributed by atoms with Gasteiger partial charge >= 0.3 is 278 Å². The summed E-state index contributed by atoms with van der Waals surface area (Å²) >= 11 is 2.86. The number of aryl methyl sites for hydroxylation is 2. The first-order valence-electron chi connectivity index (χ1n) is 15.0. The number of aliphatic hydroxyl groups excluding tert-OH is 2. The molecule has 0 aromatic carbocycles. The average Bonchev–Trinajstić information content (AvgIpc) is 3.44. The van der Waals surface area contributed by atoms with Gasteiger partial charge in [-0.2, -0.15) is 0 Å². The van der Waals surface area contributed by atoms with Crippen molar-refractivity contribution in [2.45, 2.75) is 47.2 Å². The zero-order valence-electron chi connectivity index (χ0n) is 26.0. The number of hydrogen-bond donors (Lipinski definition) is 3. The summed E-state index contributed by atoms with van der Waals surface area (Å²) in [6, 6.07) is 4.63. The van der Waals surface area contributed by atoms with Gasteiger partial charge in [-0.25, -0.2) is 0 Å². The zero-order valence-corrected chi connectivity index (χ0v) is 29.8. The third-order valence-corrected chi connectivity index (χ3v) is 13.1. The molecule has 2 fully saturated rings. The van der Waals surface area contributed by atoms with Crippen LogP contribution in [0.4, 0.5) is 5.82 Å². The van der Waals surface area contributed by atoms with E-state index in [1.54, 1.807) is 42.5 Å². The molecule has 0 aliphatic carbocycles. The fourth-order valence-electron chi connectivity index (χ4n) is 5.99. The number of aliphatic hydroxyl groups is 2. The molecule has 2 aliphatic heterocycles. The second kappa shape index (κ2) is 13.6. The summed E-state index contributed by atoms with van der Waals surface area (Å²) in [5.41, 5.74) is 2.77. The van der Waals surface area contributed by atoms with Crippen molar-refractivity contribution in [2.75, 3.05) is 38.2 Å². The molecular formula is C31H34BrIN9O5-. The molecule has 2 saturated heterocycles. The van der Waals surface area contributed by atoms with Crippen LogP contribution in [-0.2, 0) is 16.1 Å². The molecular weight excluding hydrogens is 785 g/mol. The molecule has 0 saturated carbocycles. The van der Waals surface area contributed by atoms with Crippen molar-refractivity contribution in [1.29, 1.82) is 0 Å². The minimum absolute atomic E-state index is 0.0585. The fourth-order valence-corrected chi connectivity index (χ4v) is 10.4. The number of aromatic nitrogens is 6. The molecule has 2 amide bonds. The van der Waals surface area contributed by atoms with E-state index < -0.39 is 27.2 Å². The topological polar surface area (TPSA) is 180 Å². The van der Waals surface area contributed by atoms with Crippen molar-refractivity contribution < 1.29 is 45.8 Å². The number of likely N-dealkylation sites (tertiary alicyclic amines) is 1. The van der Waals surface area contributed by atoms with Crippen molar-refractivity contribution in [3.05, 3.63) is 58.5 Å².